The number of aliphatic hydroxyl groups excluding tert-OH is 2. The quantitative estimate of drug-likeness (QED) is 0.308. The Hall–Kier alpha value is -1.08. The van der Waals surface area contributed by atoms with Gasteiger partial charge in [0.05, 0.1) is 13.2 Å². The molecule has 0 rings (SSSR count). The number of hydrogen-bond acceptors (Lipinski definition) is 7. The summed E-state index contributed by atoms with van der Waals surface area (Å²) in [5, 5.41) is 17.9. The van der Waals surface area contributed by atoms with Crippen LogP contribution in [-0.2, 0) is 24.4 Å². The van der Waals surface area contributed by atoms with Crippen molar-refractivity contribution in [1.82, 2.24) is 0 Å². The molecule has 0 fully saturated rings. The molecule has 0 unspecified atom stereocenters. The lowest BCUT2D eigenvalue weighted by molar-refractivity contribution is 0.326. The van der Waals surface area contributed by atoms with E-state index in [0.717, 1.165) is 31.3 Å². The van der Waals surface area contributed by atoms with Gasteiger partial charge < -0.3 is 10.2 Å². The molecule has 0 aliphatic carbocycles. The van der Waals surface area contributed by atoms with Crippen molar-refractivity contribution in [2.24, 2.45) is 0 Å². The highest BCUT2D eigenvalue weighted by Gasteiger charge is 2.15. The summed E-state index contributed by atoms with van der Waals surface area (Å²) in [5.41, 5.74) is 3.63. The van der Waals surface area contributed by atoms with Crippen LogP contribution in [0.25, 0.3) is 0 Å². The Labute approximate surface area is 155 Å². The van der Waals surface area contributed by atoms with Crippen LogP contribution >= 0.6 is 0 Å². The van der Waals surface area contributed by atoms with Gasteiger partial charge in [0.2, 0.25) is 0 Å². The van der Waals surface area contributed by atoms with Crippen LogP contribution < -0.4 is 0 Å². The lowest BCUT2D eigenvalue weighted by Gasteiger charge is -2.03. The highest BCUT2D eigenvalue weighted by Crippen LogP contribution is 2.11. The van der Waals surface area contributed by atoms with Crippen LogP contribution in [0.2, 0.25) is 0 Å². The third-order valence-corrected chi connectivity index (χ3v) is 4.18. The van der Waals surface area contributed by atoms with Crippen LogP contribution in [0.5, 0.6) is 0 Å². The molecule has 0 radical (unpaired) electrons. The Morgan fingerprint density at radius 3 is 1.69 bits per heavy atom. The molecule has 0 atom stereocenters. The van der Waals surface area contributed by atoms with Crippen LogP contribution in [0.15, 0.2) is 34.9 Å². The maximum Gasteiger partial charge on any atom is 0.413 e. The summed E-state index contributed by atoms with van der Waals surface area (Å²) >= 11 is 0. The number of aliphatic hydroxyl groups is 2. The van der Waals surface area contributed by atoms with E-state index in [4.69, 9.17) is 14.2 Å². The molecule has 0 bridgehead atoms. The third-order valence-electron chi connectivity index (χ3n) is 2.80. The predicted octanol–water partition coefficient (Wildman–Crippen LogP) is 1.98. The Bertz CT molecular complexity index is 653. The molecule has 0 aliphatic rings. The van der Waals surface area contributed by atoms with Crippen LogP contribution in [-0.4, -0.2) is 49.4 Å². The van der Waals surface area contributed by atoms with Crippen molar-refractivity contribution in [3.8, 4) is 0 Å². The smallest absolute Gasteiger partial charge is 0.392 e. The maximum absolute atomic E-state index is 9.44. The second-order valence-corrected chi connectivity index (χ2v) is 7.79. The Morgan fingerprint density at radius 2 is 1.35 bits per heavy atom. The van der Waals surface area contributed by atoms with E-state index in [9.17, 15) is 21.9 Å². The average molecular weight is 417 g/mol. The lowest BCUT2D eigenvalue weighted by Crippen LogP contribution is -2.10. The summed E-state index contributed by atoms with van der Waals surface area (Å²) in [5.74, 6) is 0. The third kappa shape index (κ3) is 22.9. The molecule has 0 heterocycles. The first-order chi connectivity index (χ1) is 11.8. The van der Waals surface area contributed by atoms with E-state index < -0.39 is 20.8 Å². The second-order valence-electron chi connectivity index (χ2n) is 5.54. The molecule has 0 aromatic carbocycles. The fourth-order valence-electron chi connectivity index (χ4n) is 1.66. The summed E-state index contributed by atoms with van der Waals surface area (Å²) in [4.78, 5) is 0. The van der Waals surface area contributed by atoms with Gasteiger partial charge in [0.25, 0.3) is 0 Å². The van der Waals surface area contributed by atoms with Crippen molar-refractivity contribution >= 4 is 20.8 Å². The number of allylic oxidation sites excluding steroid dienone is 4. The minimum absolute atomic E-state index is 0.114. The predicted molar refractivity (Wildman–Crippen MR) is 98.1 cm³/mol. The summed E-state index contributed by atoms with van der Waals surface area (Å²) in [6, 6.07) is 0. The standard InChI is InChI=1S/C15H26O2.H2O7S2/c1-13(2)6-4-8-15(12-17)9-5-7-14(3)10-11-16;1-8(2,3)7-9(4,5)6/h6,9-10,16-17H,4-5,7-8,11-12H2,1-3H3;(H,1,2,3)(H,4,5,6). The molecule has 0 saturated carbocycles. The van der Waals surface area contributed by atoms with Gasteiger partial charge in [0.15, 0.2) is 0 Å². The zero-order valence-electron chi connectivity index (χ0n) is 15.1. The van der Waals surface area contributed by atoms with Gasteiger partial charge in [-0.2, -0.15) is 16.8 Å². The molecule has 0 amide bonds. The fraction of sp³-hybridized carbons (Fsp3) is 0.600. The average Bonchev–Trinajstić information content (AvgIpc) is 2.42. The van der Waals surface area contributed by atoms with Gasteiger partial charge in [0.1, 0.15) is 0 Å². The van der Waals surface area contributed by atoms with Crippen LogP contribution in [0, 0.1) is 0 Å². The molecular weight excluding hydrogens is 388 g/mol. The SMILES string of the molecule is CC(C)=CCCC(=CCCC(C)=CCO)CO.O=S(=O)(O)OS(=O)(=O)O. The van der Waals surface area contributed by atoms with Gasteiger partial charge in [-0.15, -0.1) is 3.63 Å². The molecular formula is C15H28O9S2. The van der Waals surface area contributed by atoms with Crippen molar-refractivity contribution in [3.63, 3.8) is 0 Å². The van der Waals surface area contributed by atoms with Gasteiger partial charge >= 0.3 is 20.8 Å². The van der Waals surface area contributed by atoms with Crippen molar-refractivity contribution in [3.05, 3.63) is 34.9 Å². The molecule has 0 saturated heterocycles. The van der Waals surface area contributed by atoms with Gasteiger partial charge in [-0.1, -0.05) is 29.4 Å². The first-order valence-corrected chi connectivity index (χ1v) is 10.4. The second kappa shape index (κ2) is 14.0. The lowest BCUT2D eigenvalue weighted by atomic mass is 10.1. The monoisotopic (exact) mass is 416 g/mol. The minimum Gasteiger partial charge on any atom is -0.392 e. The molecule has 0 aliphatic heterocycles. The molecule has 11 heteroatoms. The first kappa shape index (κ1) is 27.1. The molecule has 9 nitrogen and oxygen atoms in total. The van der Waals surface area contributed by atoms with Gasteiger partial charge in [-0.05, 0) is 52.0 Å². The highest BCUT2D eigenvalue weighted by molar-refractivity contribution is 7.94. The normalized spacial score (nSPS) is 13.0. The Balaban J connectivity index is 0. The van der Waals surface area contributed by atoms with Crippen molar-refractivity contribution in [2.45, 2.75) is 46.5 Å². The van der Waals surface area contributed by atoms with Crippen molar-refractivity contribution in [2.75, 3.05) is 13.2 Å². The molecule has 4 N–H and O–H groups in total. The molecule has 0 spiro atoms. The van der Waals surface area contributed by atoms with Crippen LogP contribution in [0.1, 0.15) is 46.5 Å². The fourth-order valence-corrected chi connectivity index (χ4v) is 2.53. The van der Waals surface area contributed by atoms with Crippen molar-refractivity contribution < 1.29 is 39.8 Å². The molecule has 26 heavy (non-hydrogen) atoms. The van der Waals surface area contributed by atoms with Crippen LogP contribution in [0.3, 0.4) is 0 Å². The van der Waals surface area contributed by atoms with Crippen LogP contribution in [0.4, 0.5) is 0 Å². The summed E-state index contributed by atoms with van der Waals surface area (Å²) in [6.45, 7) is 6.46. The number of hydrogen-bond donors (Lipinski definition) is 4. The molecule has 0 aromatic rings. The van der Waals surface area contributed by atoms with Gasteiger partial charge in [-0.3, -0.25) is 9.11 Å². The van der Waals surface area contributed by atoms with Gasteiger partial charge in [-0.25, -0.2) is 0 Å². The van der Waals surface area contributed by atoms with E-state index in [1.54, 1.807) is 0 Å². The van der Waals surface area contributed by atoms with E-state index in [0.29, 0.717) is 0 Å². The van der Waals surface area contributed by atoms with Crippen molar-refractivity contribution in [1.29, 1.82) is 0 Å². The topological polar surface area (TPSA) is 158 Å². The van der Waals surface area contributed by atoms with E-state index >= 15 is 0 Å². The number of rotatable bonds is 10. The molecule has 0 aromatic heterocycles. The Morgan fingerprint density at radius 1 is 0.846 bits per heavy atom. The zero-order valence-corrected chi connectivity index (χ0v) is 16.8. The summed E-state index contributed by atoms with van der Waals surface area (Å²) in [7, 11) is -10.2. The van der Waals surface area contributed by atoms with E-state index in [1.807, 2.05) is 13.0 Å². The van der Waals surface area contributed by atoms with E-state index in [1.165, 1.54) is 11.1 Å². The van der Waals surface area contributed by atoms with Gasteiger partial charge in [0, 0.05) is 0 Å². The first-order valence-electron chi connectivity index (χ1n) is 7.65. The van der Waals surface area contributed by atoms with E-state index in [2.05, 4.69) is 29.6 Å². The summed E-state index contributed by atoms with van der Waals surface area (Å²) < 4.78 is 55.6. The van der Waals surface area contributed by atoms with E-state index in [-0.39, 0.29) is 13.2 Å². The molecule has 154 valence electrons. The maximum atomic E-state index is 9.44. The Kier molecular flexibility index (Phi) is 14.7. The summed E-state index contributed by atoms with van der Waals surface area (Å²) in [6.07, 6.45) is 9.97. The highest BCUT2D eigenvalue weighted by atomic mass is 32.3. The largest absolute Gasteiger partial charge is 0.413 e. The minimum atomic E-state index is -5.12. The zero-order chi connectivity index (χ0) is 20.8.